The van der Waals surface area contributed by atoms with Crippen molar-refractivity contribution in [2.75, 3.05) is 7.11 Å². The average molecular weight is 126 g/mol. The van der Waals surface area contributed by atoms with Gasteiger partial charge >= 0.3 is 0 Å². The van der Waals surface area contributed by atoms with E-state index in [9.17, 15) is 0 Å². The van der Waals surface area contributed by atoms with Crippen LogP contribution in [0.5, 0.6) is 0 Å². The van der Waals surface area contributed by atoms with Crippen LogP contribution in [0, 0.1) is 11.3 Å². The topological polar surface area (TPSA) is 45.4 Å². The lowest BCUT2D eigenvalue weighted by Gasteiger charge is -1.97. The maximum absolute atomic E-state index is 8.27. The van der Waals surface area contributed by atoms with E-state index in [1.807, 2.05) is 6.07 Å². The zero-order chi connectivity index (χ0) is 7.28. The van der Waals surface area contributed by atoms with Crippen LogP contribution in [0.4, 0.5) is 0 Å². The van der Waals surface area contributed by atoms with Crippen molar-refractivity contribution in [1.29, 1.82) is 5.26 Å². The second-order valence-electron chi connectivity index (χ2n) is 1.66. The molecule has 0 aliphatic carbocycles. The molecule has 0 N–H and O–H groups in total. The number of hydrogen-bond acceptors (Lipinski definition) is 3. The van der Waals surface area contributed by atoms with Crippen LogP contribution >= 0.6 is 0 Å². The van der Waals surface area contributed by atoms with Crippen molar-refractivity contribution in [1.82, 2.24) is 0 Å². The lowest BCUT2D eigenvalue weighted by Crippen LogP contribution is -2.00. The molecule has 0 rings (SSSR count). The van der Waals surface area contributed by atoms with Gasteiger partial charge in [-0.05, 0) is 6.92 Å². The van der Waals surface area contributed by atoms with Crippen LogP contribution in [-0.4, -0.2) is 19.0 Å². The molecule has 3 heteroatoms. The van der Waals surface area contributed by atoms with Gasteiger partial charge in [-0.15, -0.1) is 0 Å². The summed E-state index contributed by atoms with van der Waals surface area (Å²) in [5, 5.41) is 8.27. The molecule has 0 aromatic carbocycles. The smallest absolute Gasteiger partial charge is 0.180 e. The van der Waals surface area contributed by atoms with Crippen LogP contribution < -0.4 is 0 Å². The summed E-state index contributed by atoms with van der Waals surface area (Å²) in [5.41, 5.74) is 0. The number of aliphatic imine (C=N–C) groups is 1. The zero-order valence-electron chi connectivity index (χ0n) is 5.88. The maximum Gasteiger partial charge on any atom is 0.180 e. The monoisotopic (exact) mass is 126 g/mol. The molecule has 0 saturated carbocycles. The van der Waals surface area contributed by atoms with Crippen molar-refractivity contribution in [3.8, 4) is 6.07 Å². The van der Waals surface area contributed by atoms with Crippen molar-refractivity contribution in [3.05, 3.63) is 0 Å². The van der Waals surface area contributed by atoms with E-state index in [0.29, 0.717) is 5.90 Å². The first-order valence-corrected chi connectivity index (χ1v) is 2.68. The first-order chi connectivity index (χ1) is 4.20. The molecule has 0 aromatic heterocycles. The minimum absolute atomic E-state index is 0.301. The van der Waals surface area contributed by atoms with Crippen LogP contribution in [0.2, 0.25) is 0 Å². The summed E-state index contributed by atoms with van der Waals surface area (Å²) in [5.74, 6) is 0.545. The van der Waals surface area contributed by atoms with Crippen LogP contribution in [0.3, 0.4) is 0 Å². The standard InChI is InChI=1S/C6H10N2O/c1-5(4-7)8-6(2)9-3/h5H,1-3H3/b8-6-. The maximum atomic E-state index is 8.27. The normalized spacial score (nSPS) is 14.2. The van der Waals surface area contributed by atoms with Crippen molar-refractivity contribution < 1.29 is 4.74 Å². The van der Waals surface area contributed by atoms with Gasteiger partial charge < -0.3 is 4.74 Å². The minimum atomic E-state index is -0.301. The van der Waals surface area contributed by atoms with Gasteiger partial charge in [0.25, 0.3) is 0 Å². The van der Waals surface area contributed by atoms with E-state index in [-0.39, 0.29) is 6.04 Å². The van der Waals surface area contributed by atoms with Gasteiger partial charge in [-0.2, -0.15) is 5.26 Å². The molecule has 0 bridgehead atoms. The fraction of sp³-hybridized carbons (Fsp3) is 0.667. The summed E-state index contributed by atoms with van der Waals surface area (Å²) in [4.78, 5) is 3.85. The Hall–Kier alpha value is -1.04. The Labute approximate surface area is 55.0 Å². The van der Waals surface area contributed by atoms with E-state index in [1.165, 1.54) is 7.11 Å². The number of nitriles is 1. The first-order valence-electron chi connectivity index (χ1n) is 2.68. The Bertz CT molecular complexity index is 146. The fourth-order valence-corrected chi connectivity index (χ4v) is 0.354. The third kappa shape index (κ3) is 3.53. The predicted octanol–water partition coefficient (Wildman–Crippen LogP) is 0.963. The van der Waals surface area contributed by atoms with Crippen LogP contribution in [-0.2, 0) is 4.74 Å². The van der Waals surface area contributed by atoms with Crippen molar-refractivity contribution in [2.45, 2.75) is 19.9 Å². The second kappa shape index (κ2) is 3.90. The fourth-order valence-electron chi connectivity index (χ4n) is 0.354. The van der Waals surface area contributed by atoms with E-state index in [1.54, 1.807) is 13.8 Å². The Morgan fingerprint density at radius 3 is 2.67 bits per heavy atom. The SMILES string of the molecule is CO/C(C)=N\C(C)C#N. The molecule has 0 aliphatic rings. The molecule has 0 aliphatic heterocycles. The summed E-state index contributed by atoms with van der Waals surface area (Å²) in [7, 11) is 1.53. The van der Waals surface area contributed by atoms with Crippen LogP contribution in [0.25, 0.3) is 0 Å². The molecule has 0 amide bonds. The Morgan fingerprint density at radius 2 is 2.33 bits per heavy atom. The van der Waals surface area contributed by atoms with E-state index in [0.717, 1.165) is 0 Å². The van der Waals surface area contributed by atoms with Gasteiger partial charge in [-0.25, -0.2) is 4.99 Å². The lowest BCUT2D eigenvalue weighted by molar-refractivity contribution is 0.396. The van der Waals surface area contributed by atoms with Gasteiger partial charge in [0.1, 0.15) is 6.04 Å². The van der Waals surface area contributed by atoms with Gasteiger partial charge in [-0.1, -0.05) is 0 Å². The molecular weight excluding hydrogens is 116 g/mol. The number of nitrogens with zero attached hydrogens (tertiary/aromatic N) is 2. The number of hydrogen-bond donors (Lipinski definition) is 0. The van der Waals surface area contributed by atoms with E-state index in [2.05, 4.69) is 4.99 Å². The molecule has 0 fully saturated rings. The highest BCUT2D eigenvalue weighted by Gasteiger charge is 1.93. The lowest BCUT2D eigenvalue weighted by atomic mass is 10.4. The molecule has 0 heterocycles. The summed E-state index contributed by atoms with van der Waals surface area (Å²) >= 11 is 0. The number of rotatable bonds is 1. The largest absolute Gasteiger partial charge is 0.484 e. The second-order valence-corrected chi connectivity index (χ2v) is 1.66. The van der Waals surface area contributed by atoms with Crippen molar-refractivity contribution in [2.24, 2.45) is 4.99 Å². The Morgan fingerprint density at radius 1 is 1.78 bits per heavy atom. The molecule has 0 spiro atoms. The summed E-state index contributed by atoms with van der Waals surface area (Å²) < 4.78 is 4.72. The molecule has 50 valence electrons. The molecule has 0 radical (unpaired) electrons. The van der Waals surface area contributed by atoms with Gasteiger partial charge in [0.15, 0.2) is 5.90 Å². The molecule has 0 saturated heterocycles. The van der Waals surface area contributed by atoms with Crippen LogP contribution in [0.15, 0.2) is 4.99 Å². The van der Waals surface area contributed by atoms with Gasteiger partial charge in [0.2, 0.25) is 0 Å². The highest BCUT2D eigenvalue weighted by atomic mass is 16.5. The first kappa shape index (κ1) is 7.96. The predicted molar refractivity (Wildman–Crippen MR) is 35.2 cm³/mol. The minimum Gasteiger partial charge on any atom is -0.484 e. The van der Waals surface area contributed by atoms with Gasteiger partial charge in [-0.3, -0.25) is 0 Å². The molecule has 1 unspecified atom stereocenters. The zero-order valence-corrected chi connectivity index (χ0v) is 5.88. The van der Waals surface area contributed by atoms with E-state index >= 15 is 0 Å². The summed E-state index contributed by atoms with van der Waals surface area (Å²) in [6, 6.07) is 1.66. The van der Waals surface area contributed by atoms with E-state index in [4.69, 9.17) is 10.00 Å². The Kier molecular flexibility index (Phi) is 3.45. The molecule has 0 aromatic rings. The third-order valence-corrected chi connectivity index (χ3v) is 0.858. The molecule has 1 atom stereocenters. The summed E-state index contributed by atoms with van der Waals surface area (Å²) in [6.45, 7) is 3.43. The number of methoxy groups -OCH3 is 1. The van der Waals surface area contributed by atoms with Gasteiger partial charge in [0.05, 0.1) is 13.2 Å². The van der Waals surface area contributed by atoms with Gasteiger partial charge in [0, 0.05) is 6.92 Å². The average Bonchev–Trinajstić information content (AvgIpc) is 1.87. The quantitative estimate of drug-likeness (QED) is 0.388. The van der Waals surface area contributed by atoms with E-state index < -0.39 is 0 Å². The highest BCUT2D eigenvalue weighted by molar-refractivity contribution is 5.73. The van der Waals surface area contributed by atoms with Crippen LogP contribution in [0.1, 0.15) is 13.8 Å². The molecular formula is C6H10N2O. The Balaban J connectivity index is 3.83. The van der Waals surface area contributed by atoms with Crippen molar-refractivity contribution >= 4 is 5.90 Å². The third-order valence-electron chi connectivity index (χ3n) is 0.858. The molecule has 3 nitrogen and oxygen atoms in total. The van der Waals surface area contributed by atoms with Crippen molar-refractivity contribution in [3.63, 3.8) is 0 Å². The summed E-state index contributed by atoms with van der Waals surface area (Å²) in [6.07, 6.45) is 0. The highest BCUT2D eigenvalue weighted by Crippen LogP contribution is 1.87. The molecule has 9 heavy (non-hydrogen) atoms. The number of ether oxygens (including phenoxy) is 1.